The van der Waals surface area contributed by atoms with E-state index in [1.54, 1.807) is 29.4 Å². The van der Waals surface area contributed by atoms with E-state index in [2.05, 4.69) is 26.2 Å². The summed E-state index contributed by atoms with van der Waals surface area (Å²) in [7, 11) is 0. The molecule has 1 aromatic heterocycles. The van der Waals surface area contributed by atoms with Gasteiger partial charge < -0.3 is 14.5 Å². The van der Waals surface area contributed by atoms with Crippen molar-refractivity contribution in [1.82, 2.24) is 4.90 Å². The van der Waals surface area contributed by atoms with E-state index in [0.717, 1.165) is 10.2 Å². The van der Waals surface area contributed by atoms with Crippen molar-refractivity contribution in [2.75, 3.05) is 11.9 Å². The predicted molar refractivity (Wildman–Crippen MR) is 133 cm³/mol. The van der Waals surface area contributed by atoms with Crippen LogP contribution in [-0.4, -0.2) is 33.7 Å². The summed E-state index contributed by atoms with van der Waals surface area (Å²) in [6, 6.07) is 18.3. The summed E-state index contributed by atoms with van der Waals surface area (Å²) in [4.78, 5) is 32.1. The summed E-state index contributed by atoms with van der Waals surface area (Å²) in [6.07, 6.45) is 1.59. The number of nitrogens with one attached hydrogen (secondary N) is 1. The lowest BCUT2D eigenvalue weighted by atomic mass is 10.2. The Kier molecular flexibility index (Phi) is 7.51. The number of hydrogen-bond donors (Lipinski definition) is 1. The van der Waals surface area contributed by atoms with Crippen molar-refractivity contribution in [3.8, 4) is 5.75 Å². The maximum absolute atomic E-state index is 13.2. The number of para-hydroxylation sites is 1. The van der Waals surface area contributed by atoms with Crippen molar-refractivity contribution in [1.29, 1.82) is 0 Å². The lowest BCUT2D eigenvalue weighted by molar-refractivity contribution is -0.128. The summed E-state index contributed by atoms with van der Waals surface area (Å²) in [5.41, 5.74) is 1.35. The van der Waals surface area contributed by atoms with Crippen molar-refractivity contribution in [2.24, 2.45) is 4.99 Å². The van der Waals surface area contributed by atoms with Gasteiger partial charge in [0.1, 0.15) is 16.8 Å². The molecule has 1 unspecified atom stereocenters. The number of amidine groups is 1. The molecule has 9 heteroatoms. The fourth-order valence-electron chi connectivity index (χ4n) is 3.26. The fourth-order valence-corrected chi connectivity index (χ4v) is 4.80. The number of ether oxygens (including phenoxy) is 1. The number of anilines is 1. The SMILES string of the molecule is CCOc1ccc(N=C2SC(CC(=O)Nc3ccccc3Br)C(=O)N2Cc2ccco2)cc1. The minimum atomic E-state index is -0.580. The van der Waals surface area contributed by atoms with E-state index >= 15 is 0 Å². The molecule has 0 radical (unpaired) electrons. The molecule has 1 saturated heterocycles. The highest BCUT2D eigenvalue weighted by atomic mass is 79.9. The third-order valence-electron chi connectivity index (χ3n) is 4.81. The number of aliphatic imine (C=N–C) groups is 1. The molecule has 0 saturated carbocycles. The van der Waals surface area contributed by atoms with Gasteiger partial charge in [0, 0.05) is 10.9 Å². The third-order valence-corrected chi connectivity index (χ3v) is 6.67. The minimum Gasteiger partial charge on any atom is -0.494 e. The number of amides is 2. The van der Waals surface area contributed by atoms with Gasteiger partial charge in [0.05, 0.1) is 30.8 Å². The summed E-state index contributed by atoms with van der Waals surface area (Å²) in [5, 5.41) is 2.81. The first-order valence-corrected chi connectivity index (χ1v) is 12.1. The summed E-state index contributed by atoms with van der Waals surface area (Å²) < 4.78 is 11.7. The monoisotopic (exact) mass is 527 g/mol. The zero-order valence-corrected chi connectivity index (χ0v) is 20.3. The van der Waals surface area contributed by atoms with Crippen LogP contribution in [0.5, 0.6) is 5.75 Å². The number of carbonyl (C=O) groups excluding carboxylic acids is 2. The van der Waals surface area contributed by atoms with Gasteiger partial charge in [-0.3, -0.25) is 14.5 Å². The van der Waals surface area contributed by atoms with Gasteiger partial charge in [0.2, 0.25) is 11.8 Å². The molecule has 1 N–H and O–H groups in total. The second-order valence-corrected chi connectivity index (χ2v) is 9.19. The molecule has 0 bridgehead atoms. The van der Waals surface area contributed by atoms with Gasteiger partial charge in [-0.2, -0.15) is 0 Å². The number of halogens is 1. The molecular weight excluding hydrogens is 506 g/mol. The van der Waals surface area contributed by atoms with Crippen LogP contribution in [0.1, 0.15) is 19.1 Å². The molecule has 3 aromatic rings. The zero-order chi connectivity index (χ0) is 23.2. The maximum atomic E-state index is 13.2. The largest absolute Gasteiger partial charge is 0.494 e. The Labute approximate surface area is 204 Å². The highest BCUT2D eigenvalue weighted by Gasteiger charge is 2.39. The highest BCUT2D eigenvalue weighted by Crippen LogP contribution is 2.33. The number of benzene rings is 2. The molecule has 2 amide bonds. The van der Waals surface area contributed by atoms with Crippen LogP contribution in [0.2, 0.25) is 0 Å². The molecule has 1 aliphatic heterocycles. The zero-order valence-electron chi connectivity index (χ0n) is 17.9. The Balaban J connectivity index is 1.52. The Morgan fingerprint density at radius 2 is 1.97 bits per heavy atom. The molecule has 0 aliphatic carbocycles. The van der Waals surface area contributed by atoms with Gasteiger partial charge >= 0.3 is 0 Å². The smallest absolute Gasteiger partial charge is 0.243 e. The van der Waals surface area contributed by atoms with Crippen LogP contribution in [-0.2, 0) is 16.1 Å². The van der Waals surface area contributed by atoms with Crippen LogP contribution in [0.15, 0.2) is 80.8 Å². The van der Waals surface area contributed by atoms with E-state index in [1.165, 1.54) is 11.8 Å². The first-order chi connectivity index (χ1) is 16.0. The van der Waals surface area contributed by atoms with Crippen molar-refractivity contribution in [2.45, 2.75) is 25.1 Å². The highest BCUT2D eigenvalue weighted by molar-refractivity contribution is 9.10. The molecule has 1 fully saturated rings. The van der Waals surface area contributed by atoms with Gasteiger partial charge in [0.15, 0.2) is 5.17 Å². The normalized spacial score (nSPS) is 16.9. The number of furan rings is 1. The van der Waals surface area contributed by atoms with Crippen molar-refractivity contribution in [3.63, 3.8) is 0 Å². The van der Waals surface area contributed by atoms with Gasteiger partial charge in [-0.1, -0.05) is 23.9 Å². The quantitative estimate of drug-likeness (QED) is 0.412. The van der Waals surface area contributed by atoms with E-state index in [9.17, 15) is 9.59 Å². The Bertz CT molecular complexity index is 1150. The van der Waals surface area contributed by atoms with Crippen molar-refractivity contribution < 1.29 is 18.7 Å². The van der Waals surface area contributed by atoms with Crippen LogP contribution in [0.25, 0.3) is 0 Å². The van der Waals surface area contributed by atoms with E-state index < -0.39 is 5.25 Å². The van der Waals surface area contributed by atoms with Gasteiger partial charge in [-0.05, 0) is 71.4 Å². The summed E-state index contributed by atoms with van der Waals surface area (Å²) >= 11 is 4.70. The lowest BCUT2D eigenvalue weighted by Gasteiger charge is -2.15. The third kappa shape index (κ3) is 5.85. The van der Waals surface area contributed by atoms with E-state index in [1.807, 2.05) is 49.4 Å². The number of carbonyl (C=O) groups is 2. The topological polar surface area (TPSA) is 84.1 Å². The van der Waals surface area contributed by atoms with Crippen LogP contribution in [0, 0.1) is 0 Å². The molecule has 2 heterocycles. The van der Waals surface area contributed by atoms with Crippen LogP contribution >= 0.6 is 27.7 Å². The Morgan fingerprint density at radius 1 is 1.18 bits per heavy atom. The Hall–Kier alpha value is -3.04. The van der Waals surface area contributed by atoms with Crippen LogP contribution in [0.4, 0.5) is 11.4 Å². The standard InChI is InChI=1S/C24H22BrN3O4S/c1-2-31-17-11-9-16(10-12-17)26-24-28(15-18-6-5-13-32-18)23(30)21(33-24)14-22(29)27-20-8-4-3-7-19(20)25/h3-13,21H,2,14-15H2,1H3,(H,27,29). The van der Waals surface area contributed by atoms with E-state index in [0.29, 0.717) is 28.9 Å². The first-order valence-electron chi connectivity index (χ1n) is 10.4. The van der Waals surface area contributed by atoms with Crippen molar-refractivity contribution >= 4 is 56.0 Å². The van der Waals surface area contributed by atoms with Gasteiger partial charge in [0.25, 0.3) is 0 Å². The Morgan fingerprint density at radius 3 is 2.67 bits per heavy atom. The van der Waals surface area contributed by atoms with Crippen LogP contribution in [0.3, 0.4) is 0 Å². The number of rotatable bonds is 8. The molecular formula is C24H22BrN3O4S. The number of hydrogen-bond acceptors (Lipinski definition) is 6. The van der Waals surface area contributed by atoms with E-state index in [4.69, 9.17) is 9.15 Å². The maximum Gasteiger partial charge on any atom is 0.243 e. The minimum absolute atomic E-state index is 0.0296. The van der Waals surface area contributed by atoms with E-state index in [-0.39, 0.29) is 24.8 Å². The second kappa shape index (κ2) is 10.7. The average Bonchev–Trinajstić information content (AvgIpc) is 3.41. The molecule has 33 heavy (non-hydrogen) atoms. The van der Waals surface area contributed by atoms with Gasteiger partial charge in [-0.25, -0.2) is 4.99 Å². The molecule has 2 aromatic carbocycles. The molecule has 7 nitrogen and oxygen atoms in total. The molecule has 4 rings (SSSR count). The number of thioether (sulfide) groups is 1. The summed E-state index contributed by atoms with van der Waals surface area (Å²) in [5.74, 6) is 0.976. The summed E-state index contributed by atoms with van der Waals surface area (Å²) in [6.45, 7) is 2.75. The lowest BCUT2D eigenvalue weighted by Crippen LogP contribution is -2.33. The fraction of sp³-hybridized carbons (Fsp3) is 0.208. The molecule has 170 valence electrons. The average molecular weight is 528 g/mol. The molecule has 0 spiro atoms. The first kappa shape index (κ1) is 23.1. The molecule has 1 atom stereocenters. The second-order valence-electron chi connectivity index (χ2n) is 7.16. The van der Waals surface area contributed by atoms with Gasteiger partial charge in [-0.15, -0.1) is 0 Å². The van der Waals surface area contributed by atoms with Crippen LogP contribution < -0.4 is 10.1 Å². The van der Waals surface area contributed by atoms with Crippen molar-refractivity contribution in [3.05, 3.63) is 77.2 Å². The molecule has 1 aliphatic rings. The number of nitrogens with zero attached hydrogens (tertiary/aromatic N) is 2. The predicted octanol–water partition coefficient (Wildman–Crippen LogP) is 5.60.